The van der Waals surface area contributed by atoms with E-state index in [0.29, 0.717) is 9.75 Å². The van der Waals surface area contributed by atoms with E-state index >= 15 is 0 Å². The Morgan fingerprint density at radius 2 is 1.61 bits per heavy atom. The molecule has 23 heavy (non-hydrogen) atoms. The Bertz CT molecular complexity index is 692. The Balaban J connectivity index is 1.67. The molecule has 0 fully saturated rings. The van der Waals surface area contributed by atoms with Gasteiger partial charge in [0.15, 0.2) is 12.4 Å². The van der Waals surface area contributed by atoms with Crippen molar-refractivity contribution >= 4 is 46.2 Å². The average Bonchev–Trinajstić information content (AvgIpc) is 3.23. The molecule has 0 aromatic carbocycles. The van der Waals surface area contributed by atoms with Crippen molar-refractivity contribution in [2.24, 2.45) is 0 Å². The number of hydrogen-bond acceptors (Lipinski definition) is 7. The van der Waals surface area contributed by atoms with E-state index in [4.69, 9.17) is 4.74 Å². The van der Waals surface area contributed by atoms with E-state index in [0.717, 1.165) is 0 Å². The highest BCUT2D eigenvalue weighted by molar-refractivity contribution is 7.12. The average molecular weight is 351 g/mol. The fraction of sp³-hybridized carbons (Fsp3) is 0.200. The zero-order valence-corrected chi connectivity index (χ0v) is 13.6. The van der Waals surface area contributed by atoms with Crippen molar-refractivity contribution in [3.63, 3.8) is 0 Å². The van der Waals surface area contributed by atoms with Gasteiger partial charge >= 0.3 is 5.97 Å². The van der Waals surface area contributed by atoms with E-state index in [1.165, 1.54) is 22.7 Å². The Morgan fingerprint density at radius 1 is 0.957 bits per heavy atom. The molecule has 6 nitrogen and oxygen atoms in total. The molecule has 2 aromatic rings. The van der Waals surface area contributed by atoms with Crippen molar-refractivity contribution in [2.75, 3.05) is 6.61 Å². The Kier molecular flexibility index (Phi) is 6.19. The van der Waals surface area contributed by atoms with Gasteiger partial charge in [-0.25, -0.2) is 0 Å². The Labute approximate surface area is 140 Å². The van der Waals surface area contributed by atoms with Gasteiger partial charge in [-0.3, -0.25) is 24.5 Å². The first-order valence-corrected chi connectivity index (χ1v) is 8.42. The molecular formula is C15H13NO5S2. The molecule has 8 heteroatoms. The number of nitrogens with one attached hydrogen (secondary N) is 1. The molecule has 0 saturated heterocycles. The summed E-state index contributed by atoms with van der Waals surface area (Å²) in [7, 11) is 0. The third kappa shape index (κ3) is 5.42. The van der Waals surface area contributed by atoms with Crippen LogP contribution < -0.4 is 5.32 Å². The van der Waals surface area contributed by atoms with Gasteiger partial charge in [0, 0.05) is 6.42 Å². The number of amides is 2. The quantitative estimate of drug-likeness (QED) is 0.610. The molecule has 1 N–H and O–H groups in total. The normalized spacial score (nSPS) is 10.1. The molecule has 2 amide bonds. The number of Topliss-reactive ketones (excluding diaryl/α,β-unsaturated/α-hetero) is 1. The lowest BCUT2D eigenvalue weighted by Crippen LogP contribution is -2.33. The number of hydrogen-bond donors (Lipinski definition) is 1. The van der Waals surface area contributed by atoms with Crippen molar-refractivity contribution < 1.29 is 23.9 Å². The van der Waals surface area contributed by atoms with Crippen LogP contribution in [0.2, 0.25) is 0 Å². The first-order chi connectivity index (χ1) is 11.1. The summed E-state index contributed by atoms with van der Waals surface area (Å²) in [5, 5.41) is 5.61. The third-order valence-electron chi connectivity index (χ3n) is 2.71. The molecule has 120 valence electrons. The van der Waals surface area contributed by atoms with Crippen LogP contribution in [0.4, 0.5) is 0 Å². The standard InChI is InChI=1S/C15H13NO5S2/c17-10(11-3-1-7-22-11)5-6-14(19)21-9-13(18)16-15(20)12-4-2-8-23-12/h1-4,7-8H,5-6,9H2,(H,16,18,20). The van der Waals surface area contributed by atoms with Crippen LogP contribution in [0.1, 0.15) is 32.2 Å². The van der Waals surface area contributed by atoms with Crippen molar-refractivity contribution in [1.29, 1.82) is 0 Å². The van der Waals surface area contributed by atoms with Crippen LogP contribution in [0.5, 0.6) is 0 Å². The van der Waals surface area contributed by atoms with Crippen LogP contribution in [0, 0.1) is 0 Å². The van der Waals surface area contributed by atoms with Crippen LogP contribution in [-0.4, -0.2) is 30.2 Å². The second kappa shape index (κ2) is 8.35. The second-order valence-corrected chi connectivity index (χ2v) is 6.31. The maximum Gasteiger partial charge on any atom is 0.306 e. The Morgan fingerprint density at radius 3 is 2.22 bits per heavy atom. The van der Waals surface area contributed by atoms with Crippen molar-refractivity contribution in [1.82, 2.24) is 5.32 Å². The summed E-state index contributed by atoms with van der Waals surface area (Å²) in [4.78, 5) is 47.3. The zero-order valence-electron chi connectivity index (χ0n) is 11.9. The summed E-state index contributed by atoms with van der Waals surface area (Å²) in [5.41, 5.74) is 0. The fourth-order valence-corrected chi connectivity index (χ4v) is 2.94. The molecule has 0 atom stereocenters. The topological polar surface area (TPSA) is 89.5 Å². The molecule has 2 rings (SSSR count). The molecular weight excluding hydrogens is 338 g/mol. The monoisotopic (exact) mass is 351 g/mol. The summed E-state index contributed by atoms with van der Waals surface area (Å²) in [6.07, 6.45) is -0.0853. The van der Waals surface area contributed by atoms with Gasteiger partial charge in [-0.2, -0.15) is 0 Å². The fourth-order valence-electron chi connectivity index (χ4n) is 1.63. The predicted molar refractivity (Wildman–Crippen MR) is 85.6 cm³/mol. The van der Waals surface area contributed by atoms with Crippen LogP contribution in [0.3, 0.4) is 0 Å². The molecule has 0 spiro atoms. The number of ketones is 1. The van der Waals surface area contributed by atoms with Crippen molar-refractivity contribution in [3.05, 3.63) is 44.8 Å². The van der Waals surface area contributed by atoms with Gasteiger partial charge in [-0.05, 0) is 22.9 Å². The van der Waals surface area contributed by atoms with E-state index in [-0.39, 0.29) is 18.6 Å². The van der Waals surface area contributed by atoms with Gasteiger partial charge in [0.2, 0.25) is 0 Å². The number of rotatable bonds is 7. The minimum atomic E-state index is -0.707. The number of carbonyl (C=O) groups is 4. The second-order valence-electron chi connectivity index (χ2n) is 4.42. The number of ether oxygens (including phenoxy) is 1. The molecule has 2 heterocycles. The Hall–Kier alpha value is -2.32. The minimum Gasteiger partial charge on any atom is -0.456 e. The maximum absolute atomic E-state index is 11.7. The summed E-state index contributed by atoms with van der Waals surface area (Å²) in [6.45, 7) is -0.552. The summed E-state index contributed by atoms with van der Waals surface area (Å²) in [6, 6.07) is 6.71. The first kappa shape index (κ1) is 17.0. The van der Waals surface area contributed by atoms with E-state index in [1.807, 2.05) is 0 Å². The maximum atomic E-state index is 11.7. The van der Waals surface area contributed by atoms with Crippen molar-refractivity contribution in [2.45, 2.75) is 12.8 Å². The summed E-state index contributed by atoms with van der Waals surface area (Å²) >= 11 is 2.50. The van der Waals surface area contributed by atoms with Gasteiger partial charge in [0.1, 0.15) is 0 Å². The summed E-state index contributed by atoms with van der Waals surface area (Å²) < 4.78 is 4.74. The van der Waals surface area contributed by atoms with Crippen LogP contribution in [-0.2, 0) is 14.3 Å². The van der Waals surface area contributed by atoms with Crippen LogP contribution in [0.15, 0.2) is 35.0 Å². The zero-order chi connectivity index (χ0) is 16.7. The largest absolute Gasteiger partial charge is 0.456 e. The van der Waals surface area contributed by atoms with Gasteiger partial charge in [0.05, 0.1) is 16.2 Å². The molecule has 0 radical (unpaired) electrons. The highest BCUT2D eigenvalue weighted by Gasteiger charge is 2.14. The molecule has 0 aliphatic heterocycles. The third-order valence-corrected chi connectivity index (χ3v) is 4.49. The highest BCUT2D eigenvalue weighted by atomic mass is 32.1. The van der Waals surface area contributed by atoms with Crippen LogP contribution >= 0.6 is 22.7 Å². The molecule has 0 saturated carbocycles. The number of thiophene rings is 2. The minimum absolute atomic E-state index is 0.0229. The lowest BCUT2D eigenvalue weighted by Gasteiger charge is -2.04. The first-order valence-electron chi connectivity index (χ1n) is 6.66. The van der Waals surface area contributed by atoms with Gasteiger partial charge in [-0.1, -0.05) is 12.1 Å². The van der Waals surface area contributed by atoms with Gasteiger partial charge < -0.3 is 4.74 Å². The molecule has 0 unspecified atom stereocenters. The number of carbonyl (C=O) groups excluding carboxylic acids is 4. The molecule has 0 aliphatic rings. The van der Waals surface area contributed by atoms with E-state index in [2.05, 4.69) is 5.32 Å². The van der Waals surface area contributed by atoms with E-state index in [9.17, 15) is 19.2 Å². The molecule has 0 bridgehead atoms. The molecule has 0 aliphatic carbocycles. The molecule has 2 aromatic heterocycles. The number of imide groups is 1. The number of esters is 1. The van der Waals surface area contributed by atoms with Gasteiger partial charge in [-0.15, -0.1) is 22.7 Å². The highest BCUT2D eigenvalue weighted by Crippen LogP contribution is 2.12. The van der Waals surface area contributed by atoms with E-state index in [1.54, 1.807) is 35.0 Å². The lowest BCUT2D eigenvalue weighted by atomic mass is 10.2. The predicted octanol–water partition coefficient (Wildman–Crippen LogP) is 2.27. The van der Waals surface area contributed by atoms with Gasteiger partial charge in [0.25, 0.3) is 11.8 Å². The van der Waals surface area contributed by atoms with E-state index < -0.39 is 24.4 Å². The lowest BCUT2D eigenvalue weighted by molar-refractivity contribution is -0.148. The smallest absolute Gasteiger partial charge is 0.306 e. The van der Waals surface area contributed by atoms with Crippen LogP contribution in [0.25, 0.3) is 0 Å². The SMILES string of the molecule is O=C(COC(=O)CCC(=O)c1cccs1)NC(=O)c1cccs1. The van der Waals surface area contributed by atoms with Crippen molar-refractivity contribution in [3.8, 4) is 0 Å². The summed E-state index contributed by atoms with van der Waals surface area (Å²) in [5.74, 6) is -2.04.